The largest absolute Gasteiger partial charge is 0.475 e. The minimum absolute atomic E-state index is 0.0640. The average molecular weight is 261 g/mol. The van der Waals surface area contributed by atoms with Crippen molar-refractivity contribution in [1.29, 1.82) is 0 Å². The van der Waals surface area contributed by atoms with Crippen molar-refractivity contribution in [3.05, 3.63) is 41.2 Å². The maximum Gasteiger partial charge on any atom is 0.372 e. The van der Waals surface area contributed by atoms with Gasteiger partial charge in [0.15, 0.2) is 5.78 Å². The summed E-state index contributed by atoms with van der Waals surface area (Å²) >= 11 is 0. The zero-order valence-electron chi connectivity index (χ0n) is 11.0. The van der Waals surface area contributed by atoms with E-state index in [2.05, 4.69) is 4.98 Å². The molecule has 1 N–H and O–H groups in total. The summed E-state index contributed by atoms with van der Waals surface area (Å²) < 4.78 is 3.17. The molecule has 0 saturated carbocycles. The van der Waals surface area contributed by atoms with Gasteiger partial charge in [-0.25, -0.2) is 9.78 Å². The molecule has 0 radical (unpaired) electrons. The number of nitrogens with zero attached hydrogens (tertiary/aromatic N) is 3. The zero-order chi connectivity index (χ0) is 14.2. The smallest absolute Gasteiger partial charge is 0.372 e. The Kier molecular flexibility index (Phi) is 3.25. The molecule has 0 aliphatic carbocycles. The molecule has 6 heteroatoms. The van der Waals surface area contributed by atoms with Crippen LogP contribution in [-0.4, -0.2) is 31.0 Å². The van der Waals surface area contributed by atoms with Crippen molar-refractivity contribution in [3.63, 3.8) is 0 Å². The first kappa shape index (κ1) is 13.1. The molecule has 2 heterocycles. The number of aromatic carboxylic acids is 1. The van der Waals surface area contributed by atoms with Crippen LogP contribution in [0.4, 0.5) is 0 Å². The number of carbonyl (C=O) groups is 2. The quantitative estimate of drug-likeness (QED) is 0.839. The van der Waals surface area contributed by atoms with Crippen molar-refractivity contribution in [1.82, 2.24) is 14.1 Å². The van der Waals surface area contributed by atoms with Crippen LogP contribution in [0.2, 0.25) is 0 Å². The maximum absolute atomic E-state index is 12.1. The van der Waals surface area contributed by atoms with E-state index >= 15 is 0 Å². The van der Waals surface area contributed by atoms with Crippen LogP contribution < -0.4 is 0 Å². The summed E-state index contributed by atoms with van der Waals surface area (Å²) in [5, 5.41) is 8.91. The normalized spacial score (nSPS) is 10.7. The molecular formula is C13H15N3O3. The Bertz CT molecular complexity index is 652. The lowest BCUT2D eigenvalue weighted by atomic mass is 10.1. The fourth-order valence-corrected chi connectivity index (χ4v) is 2.07. The van der Waals surface area contributed by atoms with Crippen LogP contribution in [0.3, 0.4) is 0 Å². The third kappa shape index (κ3) is 2.57. The van der Waals surface area contributed by atoms with Gasteiger partial charge in [0.25, 0.3) is 0 Å². The van der Waals surface area contributed by atoms with E-state index in [0.717, 1.165) is 5.56 Å². The molecular weight excluding hydrogens is 246 g/mol. The highest BCUT2D eigenvalue weighted by Crippen LogP contribution is 2.11. The Labute approximate surface area is 110 Å². The molecule has 0 aromatic carbocycles. The Morgan fingerprint density at radius 1 is 1.26 bits per heavy atom. The first-order valence-electron chi connectivity index (χ1n) is 5.80. The van der Waals surface area contributed by atoms with Crippen LogP contribution in [-0.2, 0) is 20.5 Å². The number of aromatic nitrogens is 3. The van der Waals surface area contributed by atoms with Crippen LogP contribution in [0.1, 0.15) is 32.4 Å². The van der Waals surface area contributed by atoms with Gasteiger partial charge in [-0.15, -0.1) is 0 Å². The first-order valence-corrected chi connectivity index (χ1v) is 5.80. The zero-order valence-corrected chi connectivity index (χ0v) is 11.0. The maximum atomic E-state index is 12.1. The Morgan fingerprint density at radius 2 is 1.95 bits per heavy atom. The number of imidazole rings is 1. The summed E-state index contributed by atoms with van der Waals surface area (Å²) in [6, 6.07) is 1.81. The van der Waals surface area contributed by atoms with Gasteiger partial charge in [0.1, 0.15) is 0 Å². The van der Waals surface area contributed by atoms with E-state index in [1.54, 1.807) is 24.9 Å². The van der Waals surface area contributed by atoms with Gasteiger partial charge in [0.05, 0.1) is 17.8 Å². The average Bonchev–Trinajstić information content (AvgIpc) is 2.81. The van der Waals surface area contributed by atoms with E-state index in [9.17, 15) is 9.59 Å². The van der Waals surface area contributed by atoms with E-state index in [1.165, 1.54) is 4.57 Å². The molecule has 6 nitrogen and oxygen atoms in total. The third-order valence-corrected chi connectivity index (χ3v) is 2.89. The molecule has 0 saturated heterocycles. The monoisotopic (exact) mass is 261 g/mol. The lowest BCUT2D eigenvalue weighted by Gasteiger charge is -2.00. The van der Waals surface area contributed by atoms with Gasteiger partial charge in [-0.05, 0) is 18.6 Å². The molecule has 0 aliphatic rings. The number of ketones is 1. The summed E-state index contributed by atoms with van der Waals surface area (Å²) in [6.45, 7) is 1.92. The minimum atomic E-state index is -1.10. The topological polar surface area (TPSA) is 77.1 Å². The molecule has 100 valence electrons. The Morgan fingerprint density at radius 3 is 2.42 bits per heavy atom. The highest BCUT2D eigenvalue weighted by Gasteiger charge is 2.16. The highest BCUT2D eigenvalue weighted by atomic mass is 16.4. The van der Waals surface area contributed by atoms with Crippen LogP contribution in [0.5, 0.6) is 0 Å². The second-order valence-electron chi connectivity index (χ2n) is 4.59. The number of Topliss-reactive ketones (excluding diaryl/α,β-unsaturated/α-hetero) is 1. The SMILES string of the molecule is Cc1cc(C(=O)Cc2cn(C)c(C(=O)O)n2)n(C)c1. The fraction of sp³-hybridized carbons (Fsp3) is 0.308. The molecule has 0 atom stereocenters. The number of hydrogen-bond acceptors (Lipinski definition) is 3. The molecule has 0 aliphatic heterocycles. The summed E-state index contributed by atoms with van der Waals surface area (Å²) in [5.41, 5.74) is 2.07. The molecule has 0 bridgehead atoms. The molecule has 0 spiro atoms. The van der Waals surface area contributed by atoms with Gasteiger partial charge >= 0.3 is 5.97 Å². The number of aryl methyl sites for hydroxylation is 3. The summed E-state index contributed by atoms with van der Waals surface area (Å²) in [4.78, 5) is 26.9. The number of carboxylic acids is 1. The van der Waals surface area contributed by atoms with Gasteiger partial charge < -0.3 is 14.2 Å². The van der Waals surface area contributed by atoms with Crippen molar-refractivity contribution in [3.8, 4) is 0 Å². The number of carboxylic acid groups (broad SMARTS) is 1. The van der Waals surface area contributed by atoms with E-state index < -0.39 is 5.97 Å². The van der Waals surface area contributed by atoms with Crippen LogP contribution in [0.15, 0.2) is 18.5 Å². The predicted octanol–water partition coefficient (Wildman–Crippen LogP) is 1.19. The number of carbonyl (C=O) groups excluding carboxylic acids is 1. The van der Waals surface area contributed by atoms with Crippen molar-refractivity contribution in [2.75, 3.05) is 0 Å². The molecule has 0 fully saturated rings. The fourth-order valence-electron chi connectivity index (χ4n) is 2.07. The number of hydrogen-bond donors (Lipinski definition) is 1. The van der Waals surface area contributed by atoms with Crippen LogP contribution in [0, 0.1) is 6.92 Å². The minimum Gasteiger partial charge on any atom is -0.475 e. The number of rotatable bonds is 4. The van der Waals surface area contributed by atoms with Crippen LogP contribution in [0.25, 0.3) is 0 Å². The van der Waals surface area contributed by atoms with Gasteiger partial charge in [0, 0.05) is 26.5 Å². The van der Waals surface area contributed by atoms with Crippen molar-refractivity contribution in [2.24, 2.45) is 14.1 Å². The van der Waals surface area contributed by atoms with E-state index in [1.807, 2.05) is 19.2 Å². The molecule has 0 unspecified atom stereocenters. The standard InChI is InChI=1S/C13H15N3O3/c1-8-4-10(15(2)6-8)11(17)5-9-7-16(3)12(14-9)13(18)19/h4,6-7H,5H2,1-3H3,(H,18,19). The molecule has 19 heavy (non-hydrogen) atoms. The van der Waals surface area contributed by atoms with Crippen molar-refractivity contribution < 1.29 is 14.7 Å². The summed E-state index contributed by atoms with van der Waals surface area (Å²) in [5.74, 6) is -1.24. The third-order valence-electron chi connectivity index (χ3n) is 2.89. The molecule has 2 aromatic rings. The summed E-state index contributed by atoms with van der Waals surface area (Å²) in [6.07, 6.45) is 3.53. The second-order valence-corrected chi connectivity index (χ2v) is 4.59. The summed E-state index contributed by atoms with van der Waals surface area (Å²) in [7, 11) is 3.40. The van der Waals surface area contributed by atoms with Crippen molar-refractivity contribution in [2.45, 2.75) is 13.3 Å². The lowest BCUT2D eigenvalue weighted by Crippen LogP contribution is -2.09. The van der Waals surface area contributed by atoms with Gasteiger partial charge in [-0.1, -0.05) is 0 Å². The Hall–Kier alpha value is -2.37. The lowest BCUT2D eigenvalue weighted by molar-refractivity contribution is 0.0679. The Balaban J connectivity index is 2.22. The van der Waals surface area contributed by atoms with E-state index in [4.69, 9.17) is 5.11 Å². The molecule has 2 rings (SSSR count). The predicted molar refractivity (Wildman–Crippen MR) is 68.4 cm³/mol. The highest BCUT2D eigenvalue weighted by molar-refractivity contribution is 5.96. The van der Waals surface area contributed by atoms with Crippen molar-refractivity contribution >= 4 is 11.8 Å². The first-order chi connectivity index (χ1) is 8.88. The molecule has 0 amide bonds. The molecule has 2 aromatic heterocycles. The van der Waals surface area contributed by atoms with E-state index in [-0.39, 0.29) is 18.0 Å². The van der Waals surface area contributed by atoms with Gasteiger partial charge in [-0.3, -0.25) is 4.79 Å². The van der Waals surface area contributed by atoms with Crippen LogP contribution >= 0.6 is 0 Å². The van der Waals surface area contributed by atoms with E-state index in [0.29, 0.717) is 11.4 Å². The van der Waals surface area contributed by atoms with Gasteiger partial charge in [0.2, 0.25) is 5.82 Å². The second kappa shape index (κ2) is 4.72. The van der Waals surface area contributed by atoms with Gasteiger partial charge in [-0.2, -0.15) is 0 Å².